The zero-order valence-corrected chi connectivity index (χ0v) is 10.2. The van der Waals surface area contributed by atoms with Gasteiger partial charge in [0.25, 0.3) is 0 Å². The Kier molecular flexibility index (Phi) is 3.22. The molecule has 3 atom stereocenters. The molecule has 0 aromatic rings. The maximum atomic E-state index is 12.3. The standard InChI is InChI=1S/C12H22N2O2/c1-9-10(4-3-6-13-9)11(15)14-7-5-12(2,16)8-14/h9-10,13,16H,3-8H2,1-2H3. The van der Waals surface area contributed by atoms with E-state index in [2.05, 4.69) is 12.2 Å². The zero-order valence-electron chi connectivity index (χ0n) is 10.2. The fourth-order valence-electron chi connectivity index (χ4n) is 2.75. The Balaban J connectivity index is 1.97. The maximum absolute atomic E-state index is 12.3. The van der Waals surface area contributed by atoms with Crippen LogP contribution in [0.4, 0.5) is 0 Å². The second kappa shape index (κ2) is 4.34. The normalized spacial score (nSPS) is 40.1. The van der Waals surface area contributed by atoms with Gasteiger partial charge in [0.1, 0.15) is 0 Å². The number of likely N-dealkylation sites (tertiary alicyclic amines) is 1. The molecule has 2 aliphatic heterocycles. The Morgan fingerprint density at radius 2 is 2.31 bits per heavy atom. The van der Waals surface area contributed by atoms with E-state index in [-0.39, 0.29) is 17.9 Å². The molecule has 92 valence electrons. The second-order valence-electron chi connectivity index (χ2n) is 5.50. The van der Waals surface area contributed by atoms with Crippen molar-refractivity contribution in [1.29, 1.82) is 0 Å². The van der Waals surface area contributed by atoms with Crippen LogP contribution < -0.4 is 5.32 Å². The monoisotopic (exact) mass is 226 g/mol. The van der Waals surface area contributed by atoms with Crippen molar-refractivity contribution in [2.24, 2.45) is 5.92 Å². The predicted molar refractivity (Wildman–Crippen MR) is 62.0 cm³/mol. The van der Waals surface area contributed by atoms with Crippen molar-refractivity contribution < 1.29 is 9.90 Å². The van der Waals surface area contributed by atoms with E-state index in [1.54, 1.807) is 0 Å². The summed E-state index contributed by atoms with van der Waals surface area (Å²) in [5, 5.41) is 13.2. The average Bonchev–Trinajstić information content (AvgIpc) is 2.59. The lowest BCUT2D eigenvalue weighted by Crippen LogP contribution is -2.48. The number of nitrogens with one attached hydrogen (secondary N) is 1. The van der Waals surface area contributed by atoms with Crippen molar-refractivity contribution in [3.05, 3.63) is 0 Å². The Labute approximate surface area is 97.0 Å². The van der Waals surface area contributed by atoms with Crippen molar-refractivity contribution in [2.75, 3.05) is 19.6 Å². The third-order valence-corrected chi connectivity index (χ3v) is 3.84. The van der Waals surface area contributed by atoms with Crippen LogP contribution in [0.3, 0.4) is 0 Å². The van der Waals surface area contributed by atoms with E-state index < -0.39 is 5.60 Å². The Morgan fingerprint density at radius 1 is 1.56 bits per heavy atom. The van der Waals surface area contributed by atoms with Gasteiger partial charge in [-0.25, -0.2) is 0 Å². The van der Waals surface area contributed by atoms with Gasteiger partial charge >= 0.3 is 0 Å². The zero-order chi connectivity index (χ0) is 11.8. The van der Waals surface area contributed by atoms with Crippen molar-refractivity contribution in [3.63, 3.8) is 0 Å². The molecule has 0 aromatic heterocycles. The van der Waals surface area contributed by atoms with E-state index in [4.69, 9.17) is 0 Å². The molecule has 0 aliphatic carbocycles. The Hall–Kier alpha value is -0.610. The Bertz CT molecular complexity index is 278. The number of β-amino-alcohol motifs (C(OH)–C–C–N with tert-alkyl or cyclic N) is 1. The van der Waals surface area contributed by atoms with Gasteiger partial charge in [0.15, 0.2) is 0 Å². The molecule has 2 aliphatic rings. The fraction of sp³-hybridized carbons (Fsp3) is 0.917. The van der Waals surface area contributed by atoms with Gasteiger partial charge in [-0.05, 0) is 39.7 Å². The number of carbonyl (C=O) groups excluding carboxylic acids is 1. The maximum Gasteiger partial charge on any atom is 0.227 e. The SMILES string of the molecule is CC1NCCCC1C(=O)N1CCC(C)(O)C1. The summed E-state index contributed by atoms with van der Waals surface area (Å²) in [5.41, 5.74) is -0.680. The number of rotatable bonds is 1. The van der Waals surface area contributed by atoms with Crippen LogP contribution in [0.5, 0.6) is 0 Å². The number of hydrogen-bond acceptors (Lipinski definition) is 3. The molecule has 0 bridgehead atoms. The number of piperidine rings is 1. The van der Waals surface area contributed by atoms with Gasteiger partial charge in [-0.2, -0.15) is 0 Å². The van der Waals surface area contributed by atoms with E-state index in [9.17, 15) is 9.90 Å². The number of hydrogen-bond donors (Lipinski definition) is 2. The van der Waals surface area contributed by atoms with Gasteiger partial charge in [-0.1, -0.05) is 0 Å². The van der Waals surface area contributed by atoms with Crippen LogP contribution >= 0.6 is 0 Å². The summed E-state index contributed by atoms with van der Waals surface area (Å²) >= 11 is 0. The van der Waals surface area contributed by atoms with Crippen LogP contribution in [0.15, 0.2) is 0 Å². The van der Waals surface area contributed by atoms with Gasteiger partial charge in [0, 0.05) is 19.1 Å². The third kappa shape index (κ3) is 2.38. The minimum absolute atomic E-state index is 0.0997. The molecule has 2 heterocycles. The van der Waals surface area contributed by atoms with Gasteiger partial charge in [-0.15, -0.1) is 0 Å². The number of aliphatic hydroxyl groups is 1. The van der Waals surface area contributed by atoms with E-state index in [0.717, 1.165) is 19.4 Å². The van der Waals surface area contributed by atoms with Crippen LogP contribution in [-0.4, -0.2) is 47.2 Å². The minimum atomic E-state index is -0.680. The van der Waals surface area contributed by atoms with Gasteiger partial charge in [0.2, 0.25) is 5.91 Å². The van der Waals surface area contributed by atoms with Crippen molar-refractivity contribution in [1.82, 2.24) is 10.2 Å². The molecular weight excluding hydrogens is 204 g/mol. The summed E-state index contributed by atoms with van der Waals surface area (Å²) in [5.74, 6) is 0.320. The lowest BCUT2D eigenvalue weighted by Gasteiger charge is -2.32. The molecule has 0 radical (unpaired) electrons. The largest absolute Gasteiger partial charge is 0.388 e. The molecule has 2 rings (SSSR count). The highest BCUT2D eigenvalue weighted by atomic mass is 16.3. The summed E-state index contributed by atoms with van der Waals surface area (Å²) in [4.78, 5) is 14.1. The lowest BCUT2D eigenvalue weighted by molar-refractivity contribution is -0.137. The molecular formula is C12H22N2O2. The quantitative estimate of drug-likeness (QED) is 0.678. The van der Waals surface area contributed by atoms with Crippen molar-refractivity contribution in [2.45, 2.75) is 44.8 Å². The molecule has 0 aromatic carbocycles. The first kappa shape index (κ1) is 11.9. The van der Waals surface area contributed by atoms with E-state index in [1.807, 2.05) is 11.8 Å². The van der Waals surface area contributed by atoms with Crippen molar-refractivity contribution >= 4 is 5.91 Å². The molecule has 3 unspecified atom stereocenters. The van der Waals surface area contributed by atoms with Crippen LogP contribution in [0.1, 0.15) is 33.1 Å². The first-order valence-corrected chi connectivity index (χ1v) is 6.24. The summed E-state index contributed by atoms with van der Waals surface area (Å²) in [6.45, 7) is 6.10. The minimum Gasteiger partial charge on any atom is -0.388 e. The average molecular weight is 226 g/mol. The highest BCUT2D eigenvalue weighted by Crippen LogP contribution is 2.25. The summed E-state index contributed by atoms with van der Waals surface area (Å²) in [6, 6.07) is 0.270. The number of amides is 1. The van der Waals surface area contributed by atoms with E-state index in [0.29, 0.717) is 19.5 Å². The lowest BCUT2D eigenvalue weighted by atomic mass is 9.91. The van der Waals surface area contributed by atoms with Gasteiger partial charge < -0.3 is 15.3 Å². The molecule has 16 heavy (non-hydrogen) atoms. The van der Waals surface area contributed by atoms with Gasteiger partial charge in [0.05, 0.1) is 11.5 Å². The molecule has 0 spiro atoms. The fourth-order valence-corrected chi connectivity index (χ4v) is 2.75. The summed E-state index contributed by atoms with van der Waals surface area (Å²) in [7, 11) is 0. The molecule has 4 nitrogen and oxygen atoms in total. The molecule has 2 fully saturated rings. The van der Waals surface area contributed by atoms with Crippen LogP contribution in [0, 0.1) is 5.92 Å². The highest BCUT2D eigenvalue weighted by Gasteiger charge is 2.38. The van der Waals surface area contributed by atoms with Crippen LogP contribution in [0.2, 0.25) is 0 Å². The second-order valence-corrected chi connectivity index (χ2v) is 5.50. The highest BCUT2D eigenvalue weighted by molar-refractivity contribution is 5.80. The molecule has 2 N–H and O–H groups in total. The van der Waals surface area contributed by atoms with Crippen LogP contribution in [0.25, 0.3) is 0 Å². The molecule has 1 amide bonds. The number of nitrogens with zero attached hydrogens (tertiary/aromatic N) is 1. The smallest absolute Gasteiger partial charge is 0.227 e. The molecule has 0 saturated carbocycles. The Morgan fingerprint density at radius 3 is 2.88 bits per heavy atom. The first-order chi connectivity index (χ1) is 7.49. The molecule has 4 heteroatoms. The van der Waals surface area contributed by atoms with E-state index in [1.165, 1.54) is 0 Å². The molecule has 2 saturated heterocycles. The van der Waals surface area contributed by atoms with Crippen molar-refractivity contribution in [3.8, 4) is 0 Å². The van der Waals surface area contributed by atoms with Gasteiger partial charge in [-0.3, -0.25) is 4.79 Å². The summed E-state index contributed by atoms with van der Waals surface area (Å²) in [6.07, 6.45) is 2.75. The first-order valence-electron chi connectivity index (χ1n) is 6.24. The van der Waals surface area contributed by atoms with Crippen LogP contribution in [-0.2, 0) is 4.79 Å². The van der Waals surface area contributed by atoms with E-state index >= 15 is 0 Å². The summed E-state index contributed by atoms with van der Waals surface area (Å²) < 4.78 is 0. The third-order valence-electron chi connectivity index (χ3n) is 3.84. The topological polar surface area (TPSA) is 52.6 Å². The number of carbonyl (C=O) groups is 1. The predicted octanol–water partition coefficient (Wildman–Crippen LogP) is 0.358.